The van der Waals surface area contributed by atoms with Gasteiger partial charge in [0, 0.05) is 37.9 Å². The number of aryl methyl sites for hydroxylation is 1. The lowest BCUT2D eigenvalue weighted by Gasteiger charge is -2.34. The normalized spacial score (nSPS) is 15.6. The number of pyridine rings is 1. The summed E-state index contributed by atoms with van der Waals surface area (Å²) in [5, 5.41) is 9.41. The molecule has 7 heteroatoms. The van der Waals surface area contributed by atoms with Crippen molar-refractivity contribution < 1.29 is 14.3 Å². The van der Waals surface area contributed by atoms with E-state index in [1.54, 1.807) is 18.1 Å². The Hall–Kier alpha value is -2.54. The molecular weight excluding hydrogens is 310 g/mol. The Morgan fingerprint density at radius 1 is 1.25 bits per heavy atom. The second kappa shape index (κ2) is 6.92. The average Bonchev–Trinajstić information content (AvgIpc) is 3.04. The molecule has 0 atom stereocenters. The molecular formula is C17H21N3O4. The maximum Gasteiger partial charge on any atom is 0.254 e. The molecule has 0 aromatic carbocycles. The summed E-state index contributed by atoms with van der Waals surface area (Å²) in [6.45, 7) is 5.26. The summed E-state index contributed by atoms with van der Waals surface area (Å²) in [5.74, 6) is 0.761. The van der Waals surface area contributed by atoms with E-state index in [1.165, 1.54) is 10.6 Å². The quantitative estimate of drug-likeness (QED) is 0.896. The van der Waals surface area contributed by atoms with Crippen molar-refractivity contribution in [3.05, 3.63) is 52.3 Å². The minimum atomic E-state index is -0.364. The lowest BCUT2D eigenvalue weighted by Crippen LogP contribution is -2.49. The molecule has 1 saturated heterocycles. The fraction of sp³-hybridized carbons (Fsp3) is 0.412. The van der Waals surface area contributed by atoms with Crippen LogP contribution in [0.4, 0.5) is 0 Å². The lowest BCUT2D eigenvalue weighted by molar-refractivity contribution is -0.133. The van der Waals surface area contributed by atoms with E-state index in [1.807, 2.05) is 12.1 Å². The molecule has 1 aliphatic rings. The number of aromatic hydroxyl groups is 1. The van der Waals surface area contributed by atoms with Gasteiger partial charge in [-0.3, -0.25) is 14.5 Å². The third-order valence-electron chi connectivity index (χ3n) is 4.30. The summed E-state index contributed by atoms with van der Waals surface area (Å²) in [7, 11) is 0. The average molecular weight is 331 g/mol. The van der Waals surface area contributed by atoms with Gasteiger partial charge in [-0.05, 0) is 25.1 Å². The molecule has 0 radical (unpaired) electrons. The minimum absolute atomic E-state index is 0.00311. The predicted molar refractivity (Wildman–Crippen MR) is 87.7 cm³/mol. The number of carbonyl (C=O) groups is 1. The van der Waals surface area contributed by atoms with Gasteiger partial charge in [0.1, 0.15) is 18.1 Å². The summed E-state index contributed by atoms with van der Waals surface area (Å²) in [6, 6.07) is 6.42. The molecule has 1 amide bonds. The molecule has 128 valence electrons. The van der Waals surface area contributed by atoms with Gasteiger partial charge in [-0.1, -0.05) is 0 Å². The molecule has 1 N–H and O–H groups in total. The first-order chi connectivity index (χ1) is 11.5. The highest BCUT2D eigenvalue weighted by atomic mass is 16.3. The van der Waals surface area contributed by atoms with Crippen LogP contribution in [0.5, 0.6) is 5.75 Å². The summed E-state index contributed by atoms with van der Waals surface area (Å²) < 4.78 is 6.73. The predicted octanol–water partition coefficient (Wildman–Crippen LogP) is 0.800. The first kappa shape index (κ1) is 16.3. The van der Waals surface area contributed by atoms with Crippen molar-refractivity contribution in [1.29, 1.82) is 0 Å². The third kappa shape index (κ3) is 3.68. The highest BCUT2D eigenvalue weighted by Crippen LogP contribution is 2.11. The van der Waals surface area contributed by atoms with Crippen molar-refractivity contribution in [2.24, 2.45) is 0 Å². The number of piperazine rings is 1. The zero-order chi connectivity index (χ0) is 17.1. The standard InChI is InChI=1S/C17H21N3O4/c1-13-9-14(21)10-16(22)20(13)12-17(23)19-6-4-18(5-7-19)11-15-3-2-8-24-15/h2-3,8-10,21H,4-7,11-12H2,1H3. The van der Waals surface area contributed by atoms with Crippen LogP contribution in [-0.4, -0.2) is 51.6 Å². The molecule has 0 unspecified atom stereocenters. The first-order valence-corrected chi connectivity index (χ1v) is 7.96. The molecule has 1 fully saturated rings. The second-order valence-electron chi connectivity index (χ2n) is 6.02. The van der Waals surface area contributed by atoms with Crippen molar-refractivity contribution in [3.8, 4) is 5.75 Å². The van der Waals surface area contributed by atoms with E-state index in [9.17, 15) is 14.7 Å². The largest absolute Gasteiger partial charge is 0.508 e. The highest BCUT2D eigenvalue weighted by Gasteiger charge is 2.22. The first-order valence-electron chi connectivity index (χ1n) is 7.96. The number of carbonyl (C=O) groups excluding carboxylic acids is 1. The molecule has 1 aliphatic heterocycles. The highest BCUT2D eigenvalue weighted by molar-refractivity contribution is 5.76. The van der Waals surface area contributed by atoms with Crippen molar-refractivity contribution in [3.63, 3.8) is 0 Å². The molecule has 24 heavy (non-hydrogen) atoms. The monoisotopic (exact) mass is 331 g/mol. The molecule has 3 heterocycles. The summed E-state index contributed by atoms with van der Waals surface area (Å²) in [5.41, 5.74) is 0.210. The Morgan fingerprint density at radius 3 is 2.62 bits per heavy atom. The van der Waals surface area contributed by atoms with Crippen molar-refractivity contribution in [2.75, 3.05) is 26.2 Å². The maximum absolute atomic E-state index is 12.4. The molecule has 2 aromatic heterocycles. The molecule has 3 rings (SSSR count). The second-order valence-corrected chi connectivity index (χ2v) is 6.02. The number of aromatic nitrogens is 1. The molecule has 0 saturated carbocycles. The van der Waals surface area contributed by atoms with Crippen molar-refractivity contribution in [2.45, 2.75) is 20.0 Å². The van der Waals surface area contributed by atoms with Crippen LogP contribution in [0.3, 0.4) is 0 Å². The molecule has 2 aromatic rings. The van der Waals surface area contributed by atoms with Crippen LogP contribution in [0.25, 0.3) is 0 Å². The van der Waals surface area contributed by atoms with Crippen LogP contribution in [-0.2, 0) is 17.9 Å². The maximum atomic E-state index is 12.4. The number of amides is 1. The van der Waals surface area contributed by atoms with Crippen LogP contribution >= 0.6 is 0 Å². The fourth-order valence-electron chi connectivity index (χ4n) is 2.93. The van der Waals surface area contributed by atoms with Crippen molar-refractivity contribution in [1.82, 2.24) is 14.4 Å². The van der Waals surface area contributed by atoms with Gasteiger partial charge in [0.15, 0.2) is 0 Å². The Kier molecular flexibility index (Phi) is 4.71. The number of hydrogen-bond donors (Lipinski definition) is 1. The van der Waals surface area contributed by atoms with Gasteiger partial charge in [-0.15, -0.1) is 0 Å². The SMILES string of the molecule is Cc1cc(O)cc(=O)n1CC(=O)N1CCN(Cc2ccco2)CC1. The topological polar surface area (TPSA) is 78.9 Å². The van der Waals surface area contributed by atoms with E-state index in [0.29, 0.717) is 18.8 Å². The van der Waals surface area contributed by atoms with Crippen LogP contribution in [0.15, 0.2) is 39.7 Å². The Bertz CT molecular complexity index is 759. The fourth-order valence-corrected chi connectivity index (χ4v) is 2.93. The lowest BCUT2D eigenvalue weighted by atomic mass is 10.2. The van der Waals surface area contributed by atoms with Gasteiger partial charge in [-0.2, -0.15) is 0 Å². The van der Waals surface area contributed by atoms with E-state index in [4.69, 9.17) is 4.42 Å². The van der Waals surface area contributed by atoms with E-state index >= 15 is 0 Å². The van der Waals surface area contributed by atoms with Gasteiger partial charge < -0.3 is 19.0 Å². The number of rotatable bonds is 4. The van der Waals surface area contributed by atoms with Gasteiger partial charge in [0.2, 0.25) is 5.91 Å². The molecule has 0 bridgehead atoms. The smallest absolute Gasteiger partial charge is 0.254 e. The van der Waals surface area contributed by atoms with Crippen LogP contribution in [0.1, 0.15) is 11.5 Å². The van der Waals surface area contributed by atoms with Gasteiger partial charge in [0.25, 0.3) is 5.56 Å². The van der Waals surface area contributed by atoms with Crippen molar-refractivity contribution >= 4 is 5.91 Å². The van der Waals surface area contributed by atoms with Gasteiger partial charge >= 0.3 is 0 Å². The van der Waals surface area contributed by atoms with E-state index in [2.05, 4.69) is 4.90 Å². The Labute approximate surface area is 139 Å². The van der Waals surface area contributed by atoms with E-state index in [-0.39, 0.29) is 23.8 Å². The summed E-state index contributed by atoms with van der Waals surface area (Å²) >= 11 is 0. The molecule has 0 aliphatic carbocycles. The van der Waals surface area contributed by atoms with Crippen LogP contribution < -0.4 is 5.56 Å². The van der Waals surface area contributed by atoms with Crippen LogP contribution in [0, 0.1) is 6.92 Å². The summed E-state index contributed by atoms with van der Waals surface area (Å²) in [6.07, 6.45) is 1.66. The number of furan rings is 1. The van der Waals surface area contributed by atoms with Gasteiger partial charge in [-0.25, -0.2) is 0 Å². The third-order valence-corrected chi connectivity index (χ3v) is 4.30. The van der Waals surface area contributed by atoms with E-state index in [0.717, 1.165) is 31.5 Å². The number of nitrogens with zero attached hydrogens (tertiary/aromatic N) is 3. The molecule has 0 spiro atoms. The Balaban J connectivity index is 1.57. The molecule has 7 nitrogen and oxygen atoms in total. The number of hydrogen-bond acceptors (Lipinski definition) is 5. The van der Waals surface area contributed by atoms with Gasteiger partial charge in [0.05, 0.1) is 12.8 Å². The minimum Gasteiger partial charge on any atom is -0.508 e. The summed E-state index contributed by atoms with van der Waals surface area (Å²) in [4.78, 5) is 28.4. The zero-order valence-corrected chi connectivity index (χ0v) is 13.6. The van der Waals surface area contributed by atoms with Crippen LogP contribution in [0.2, 0.25) is 0 Å². The Morgan fingerprint density at radius 2 is 2.00 bits per heavy atom. The van der Waals surface area contributed by atoms with E-state index < -0.39 is 0 Å². The zero-order valence-electron chi connectivity index (χ0n) is 13.6.